The fraction of sp³-hybridized carbons (Fsp3) is 0.375. The van der Waals surface area contributed by atoms with Crippen LogP contribution in [0.25, 0.3) is 11.4 Å². The van der Waals surface area contributed by atoms with Gasteiger partial charge in [0.05, 0.1) is 0 Å². The van der Waals surface area contributed by atoms with Gasteiger partial charge < -0.3 is 5.73 Å². The molecule has 2 N–H and O–H groups in total. The number of nitrogens with zero attached hydrogens (tertiary/aromatic N) is 2. The quantitative estimate of drug-likeness (QED) is 0.806. The number of hydrogen-bond acceptors (Lipinski definition) is 3. The predicted molar refractivity (Wildman–Crippen MR) is 89.2 cm³/mol. The Hall–Kier alpha value is -0.970. The minimum atomic E-state index is 0.0144. The second kappa shape index (κ2) is 5.34. The van der Waals surface area contributed by atoms with Gasteiger partial charge in [-0.15, -0.1) is 0 Å². The van der Waals surface area contributed by atoms with Gasteiger partial charge in [-0.2, -0.15) is 0 Å². The van der Waals surface area contributed by atoms with Crippen LogP contribution in [0.1, 0.15) is 37.6 Å². The Morgan fingerprint density at radius 1 is 1.38 bits per heavy atom. The first-order valence-corrected chi connectivity index (χ1v) is 8.10. The lowest BCUT2D eigenvalue weighted by atomic mass is 9.74. The predicted octanol–water partition coefficient (Wildman–Crippen LogP) is 4.53. The van der Waals surface area contributed by atoms with Gasteiger partial charge in [0.1, 0.15) is 0 Å². The Labute approximate surface area is 138 Å². The zero-order valence-electron chi connectivity index (χ0n) is 12.0. The van der Waals surface area contributed by atoms with Gasteiger partial charge in [0.15, 0.2) is 5.82 Å². The van der Waals surface area contributed by atoms with Crippen molar-refractivity contribution in [2.75, 3.05) is 0 Å². The van der Waals surface area contributed by atoms with Crippen molar-refractivity contribution in [1.82, 2.24) is 9.97 Å². The summed E-state index contributed by atoms with van der Waals surface area (Å²) < 4.78 is 0.936. The molecule has 0 amide bonds. The van der Waals surface area contributed by atoms with Crippen molar-refractivity contribution in [3.8, 4) is 11.4 Å². The highest BCUT2D eigenvalue weighted by atomic mass is 79.9. The zero-order valence-corrected chi connectivity index (χ0v) is 14.4. The average Bonchev–Trinajstić information content (AvgIpc) is 2.39. The largest absolute Gasteiger partial charge is 0.324 e. The molecule has 0 fully saturated rings. The van der Waals surface area contributed by atoms with Crippen LogP contribution in [0.2, 0.25) is 5.02 Å². The fourth-order valence-corrected chi connectivity index (χ4v) is 3.50. The average molecular weight is 367 g/mol. The third kappa shape index (κ3) is 2.98. The molecule has 3 nitrogen and oxygen atoms in total. The van der Waals surface area contributed by atoms with E-state index < -0.39 is 0 Å². The first-order valence-electron chi connectivity index (χ1n) is 6.92. The lowest BCUT2D eigenvalue weighted by Gasteiger charge is -2.34. The maximum Gasteiger partial charge on any atom is 0.160 e. The van der Waals surface area contributed by atoms with Crippen molar-refractivity contribution in [1.29, 1.82) is 0 Å². The summed E-state index contributed by atoms with van der Waals surface area (Å²) in [6, 6.07) is 5.64. The molecule has 0 bridgehead atoms. The van der Waals surface area contributed by atoms with Crippen LogP contribution in [0.15, 0.2) is 28.9 Å². The Bertz CT molecular complexity index is 700. The summed E-state index contributed by atoms with van der Waals surface area (Å²) in [6.07, 6.45) is 3.75. The molecule has 1 heterocycles. The van der Waals surface area contributed by atoms with Crippen molar-refractivity contribution < 1.29 is 0 Å². The van der Waals surface area contributed by atoms with Gasteiger partial charge in [-0.1, -0.05) is 41.4 Å². The van der Waals surface area contributed by atoms with E-state index >= 15 is 0 Å². The molecule has 0 spiro atoms. The number of fused-ring (bicyclic) bond motifs is 1. The summed E-state index contributed by atoms with van der Waals surface area (Å²) in [5.41, 5.74) is 9.45. The van der Waals surface area contributed by atoms with Crippen molar-refractivity contribution in [3.63, 3.8) is 0 Å². The SMILES string of the molecule is CC1(C)Cc2nc(-c3cc(Cl)ccc3Br)ncc2C(N)C1. The third-order valence-corrected chi connectivity index (χ3v) is 4.81. The van der Waals surface area contributed by atoms with E-state index in [1.54, 1.807) is 0 Å². The summed E-state index contributed by atoms with van der Waals surface area (Å²) in [4.78, 5) is 9.23. The summed E-state index contributed by atoms with van der Waals surface area (Å²) in [7, 11) is 0. The molecule has 1 unspecified atom stereocenters. The Morgan fingerprint density at radius 3 is 2.90 bits per heavy atom. The number of hydrogen-bond donors (Lipinski definition) is 1. The molecule has 1 aromatic carbocycles. The molecule has 21 heavy (non-hydrogen) atoms. The molecule has 1 aliphatic rings. The highest BCUT2D eigenvalue weighted by Crippen LogP contribution is 2.39. The summed E-state index contributed by atoms with van der Waals surface area (Å²) in [6.45, 7) is 4.46. The molecule has 0 saturated carbocycles. The monoisotopic (exact) mass is 365 g/mol. The van der Waals surface area contributed by atoms with Crippen LogP contribution in [0.5, 0.6) is 0 Å². The van der Waals surface area contributed by atoms with E-state index in [4.69, 9.17) is 22.3 Å². The summed E-state index contributed by atoms with van der Waals surface area (Å²) >= 11 is 9.62. The van der Waals surface area contributed by atoms with E-state index in [0.717, 1.165) is 34.1 Å². The van der Waals surface area contributed by atoms with Gasteiger partial charge >= 0.3 is 0 Å². The van der Waals surface area contributed by atoms with E-state index in [0.29, 0.717) is 10.8 Å². The highest BCUT2D eigenvalue weighted by molar-refractivity contribution is 9.10. The highest BCUT2D eigenvalue weighted by Gasteiger charge is 2.31. The van der Waals surface area contributed by atoms with Gasteiger partial charge in [-0.25, -0.2) is 9.97 Å². The molecule has 1 aliphatic carbocycles. The van der Waals surface area contributed by atoms with Crippen LogP contribution in [0.4, 0.5) is 0 Å². The minimum Gasteiger partial charge on any atom is -0.324 e. The van der Waals surface area contributed by atoms with E-state index in [-0.39, 0.29) is 11.5 Å². The first-order chi connectivity index (χ1) is 9.85. The maximum absolute atomic E-state index is 6.25. The van der Waals surface area contributed by atoms with E-state index in [1.165, 1.54) is 0 Å². The van der Waals surface area contributed by atoms with Crippen LogP contribution in [0, 0.1) is 5.41 Å². The van der Waals surface area contributed by atoms with Crippen molar-refractivity contribution in [2.24, 2.45) is 11.1 Å². The molecule has 0 aliphatic heterocycles. The van der Waals surface area contributed by atoms with Crippen molar-refractivity contribution in [3.05, 3.63) is 45.1 Å². The number of rotatable bonds is 1. The molecular formula is C16H17BrClN3. The number of benzene rings is 1. The second-order valence-electron chi connectivity index (χ2n) is 6.37. The number of halogens is 2. The van der Waals surface area contributed by atoms with Gasteiger partial charge in [0.2, 0.25) is 0 Å². The Kier molecular flexibility index (Phi) is 3.80. The smallest absolute Gasteiger partial charge is 0.160 e. The molecule has 2 aromatic rings. The first kappa shape index (κ1) is 14.9. The molecule has 3 rings (SSSR count). The number of nitrogens with two attached hydrogens (primary N) is 1. The van der Waals surface area contributed by atoms with Crippen molar-refractivity contribution >= 4 is 27.5 Å². The van der Waals surface area contributed by atoms with Gasteiger partial charge in [0, 0.05) is 38.6 Å². The topological polar surface area (TPSA) is 51.8 Å². The molecule has 0 saturated heterocycles. The molecule has 0 radical (unpaired) electrons. The third-order valence-electron chi connectivity index (χ3n) is 3.89. The lowest BCUT2D eigenvalue weighted by molar-refractivity contribution is 0.278. The summed E-state index contributed by atoms with van der Waals surface area (Å²) in [5, 5.41) is 0.673. The van der Waals surface area contributed by atoms with Crippen LogP contribution >= 0.6 is 27.5 Å². The molecule has 1 atom stereocenters. The van der Waals surface area contributed by atoms with E-state index in [9.17, 15) is 0 Å². The molecule has 110 valence electrons. The standard InChI is InChI=1S/C16H17BrClN3/c1-16(2)6-13(19)11-8-20-15(21-14(11)7-16)10-5-9(18)3-4-12(10)17/h3-5,8,13H,6-7,19H2,1-2H3. The van der Waals surface area contributed by atoms with E-state index in [1.807, 2.05) is 24.4 Å². The van der Waals surface area contributed by atoms with Crippen LogP contribution < -0.4 is 5.73 Å². The van der Waals surface area contributed by atoms with Gasteiger partial charge in [0.25, 0.3) is 0 Å². The number of aromatic nitrogens is 2. The van der Waals surface area contributed by atoms with E-state index in [2.05, 4.69) is 34.8 Å². The van der Waals surface area contributed by atoms with Gasteiger partial charge in [-0.05, 0) is 36.5 Å². The Balaban J connectivity index is 2.09. The van der Waals surface area contributed by atoms with Crippen LogP contribution in [-0.2, 0) is 6.42 Å². The fourth-order valence-electron chi connectivity index (χ4n) is 2.91. The van der Waals surface area contributed by atoms with Crippen LogP contribution in [0.3, 0.4) is 0 Å². The Morgan fingerprint density at radius 2 is 2.14 bits per heavy atom. The van der Waals surface area contributed by atoms with Crippen molar-refractivity contribution in [2.45, 2.75) is 32.7 Å². The lowest BCUT2D eigenvalue weighted by Crippen LogP contribution is -2.30. The second-order valence-corrected chi connectivity index (χ2v) is 7.66. The normalized spacial score (nSPS) is 20.1. The maximum atomic E-state index is 6.25. The summed E-state index contributed by atoms with van der Waals surface area (Å²) in [5.74, 6) is 0.688. The molecular weight excluding hydrogens is 350 g/mol. The van der Waals surface area contributed by atoms with Crippen LogP contribution in [-0.4, -0.2) is 9.97 Å². The molecule has 5 heteroatoms. The molecule has 1 aromatic heterocycles. The zero-order chi connectivity index (χ0) is 15.2. The van der Waals surface area contributed by atoms with Gasteiger partial charge in [-0.3, -0.25) is 0 Å². The minimum absolute atomic E-state index is 0.0144.